The maximum absolute atomic E-state index is 12.4. The van der Waals surface area contributed by atoms with Crippen molar-refractivity contribution in [3.8, 4) is 17.6 Å². The summed E-state index contributed by atoms with van der Waals surface area (Å²) in [6, 6.07) is 12.8. The molecule has 0 spiro atoms. The Morgan fingerprint density at radius 3 is 2.70 bits per heavy atom. The second-order valence-corrected chi connectivity index (χ2v) is 7.51. The van der Waals surface area contributed by atoms with E-state index in [0.717, 1.165) is 5.56 Å². The molecule has 3 rings (SSSR count). The first kappa shape index (κ1) is 15.4. The van der Waals surface area contributed by atoms with Gasteiger partial charge in [-0.25, -0.2) is 0 Å². The molecule has 23 heavy (non-hydrogen) atoms. The second kappa shape index (κ2) is 5.28. The van der Waals surface area contributed by atoms with Crippen LogP contribution in [0, 0.1) is 11.3 Å². The van der Waals surface area contributed by atoms with Crippen LogP contribution in [0.3, 0.4) is 0 Å². The van der Waals surface area contributed by atoms with E-state index < -0.39 is 15.7 Å². The van der Waals surface area contributed by atoms with Crippen molar-refractivity contribution in [3.05, 3.63) is 53.6 Å². The molecule has 2 aromatic carbocycles. The van der Waals surface area contributed by atoms with Crippen LogP contribution in [-0.2, 0) is 16.5 Å². The van der Waals surface area contributed by atoms with Gasteiger partial charge in [0.15, 0.2) is 11.5 Å². The van der Waals surface area contributed by atoms with Crippen molar-refractivity contribution in [1.29, 1.82) is 5.26 Å². The molecule has 6 heteroatoms. The molecule has 0 saturated heterocycles. The topological polar surface area (TPSA) is 76.4 Å². The zero-order chi connectivity index (χ0) is 16.7. The number of fused-ring (bicyclic) bond motifs is 1. The molecular weight excluding hydrogens is 314 g/mol. The van der Waals surface area contributed by atoms with Gasteiger partial charge in [0.25, 0.3) is 0 Å². The van der Waals surface area contributed by atoms with Crippen molar-refractivity contribution < 1.29 is 17.3 Å². The SMILES string of the molecule is CC1(C)Cc2cccc(OS(=O)(=O)c3cccc(C#N)c3)c2O1. The Balaban J connectivity index is 1.97. The first-order valence-electron chi connectivity index (χ1n) is 7.06. The smallest absolute Gasteiger partial charge is 0.339 e. The lowest BCUT2D eigenvalue weighted by Crippen LogP contribution is -2.24. The molecule has 0 fully saturated rings. The Morgan fingerprint density at radius 1 is 1.22 bits per heavy atom. The van der Waals surface area contributed by atoms with Gasteiger partial charge >= 0.3 is 10.1 Å². The van der Waals surface area contributed by atoms with Crippen LogP contribution in [0.4, 0.5) is 0 Å². The van der Waals surface area contributed by atoms with Gasteiger partial charge in [-0.3, -0.25) is 0 Å². The summed E-state index contributed by atoms with van der Waals surface area (Å²) in [5, 5.41) is 8.90. The number of nitrogens with zero attached hydrogens (tertiary/aromatic N) is 1. The molecular formula is C17H15NO4S. The minimum atomic E-state index is -4.04. The predicted molar refractivity (Wildman–Crippen MR) is 83.8 cm³/mol. The molecule has 0 amide bonds. The van der Waals surface area contributed by atoms with Crippen LogP contribution in [0.1, 0.15) is 25.0 Å². The number of hydrogen-bond donors (Lipinski definition) is 0. The first-order chi connectivity index (χ1) is 10.8. The van der Waals surface area contributed by atoms with Crippen LogP contribution in [-0.4, -0.2) is 14.0 Å². The molecule has 1 aliphatic heterocycles. The molecule has 2 aromatic rings. The van der Waals surface area contributed by atoms with Crippen molar-refractivity contribution in [2.45, 2.75) is 30.8 Å². The Morgan fingerprint density at radius 2 is 1.96 bits per heavy atom. The Labute approximate surface area is 135 Å². The Hall–Kier alpha value is -2.52. The zero-order valence-corrected chi connectivity index (χ0v) is 13.6. The largest absolute Gasteiger partial charge is 0.483 e. The van der Waals surface area contributed by atoms with Crippen LogP contribution in [0.2, 0.25) is 0 Å². The van der Waals surface area contributed by atoms with E-state index in [1.165, 1.54) is 24.3 Å². The van der Waals surface area contributed by atoms with E-state index in [9.17, 15) is 8.42 Å². The molecule has 0 radical (unpaired) electrons. The van der Waals surface area contributed by atoms with Crippen LogP contribution in [0.5, 0.6) is 11.5 Å². The van der Waals surface area contributed by atoms with Crippen LogP contribution in [0.25, 0.3) is 0 Å². The van der Waals surface area contributed by atoms with Gasteiger partial charge in [0.2, 0.25) is 0 Å². The van der Waals surface area contributed by atoms with Crippen molar-refractivity contribution in [3.63, 3.8) is 0 Å². The summed E-state index contributed by atoms with van der Waals surface area (Å²) in [5.74, 6) is 0.618. The average Bonchev–Trinajstić information content (AvgIpc) is 2.82. The molecule has 1 aliphatic rings. The Kier molecular flexibility index (Phi) is 3.53. The fraction of sp³-hybridized carbons (Fsp3) is 0.235. The number of ether oxygens (including phenoxy) is 1. The van der Waals surface area contributed by atoms with Gasteiger partial charge in [-0.05, 0) is 38.1 Å². The second-order valence-electron chi connectivity index (χ2n) is 5.96. The highest BCUT2D eigenvalue weighted by atomic mass is 32.2. The number of rotatable bonds is 3. The van der Waals surface area contributed by atoms with Gasteiger partial charge in [-0.15, -0.1) is 0 Å². The van der Waals surface area contributed by atoms with Crippen molar-refractivity contribution >= 4 is 10.1 Å². The molecule has 5 nitrogen and oxygen atoms in total. The molecule has 0 N–H and O–H groups in total. The average molecular weight is 329 g/mol. The summed E-state index contributed by atoms with van der Waals surface area (Å²) >= 11 is 0. The molecule has 0 unspecified atom stereocenters. The lowest BCUT2D eigenvalue weighted by atomic mass is 10.0. The predicted octanol–water partition coefficient (Wildman–Crippen LogP) is 3.04. The fourth-order valence-corrected chi connectivity index (χ4v) is 3.52. The summed E-state index contributed by atoms with van der Waals surface area (Å²) in [7, 11) is -4.04. The number of para-hydroxylation sites is 1. The Bertz CT molecular complexity index is 910. The molecule has 0 saturated carbocycles. The fourth-order valence-electron chi connectivity index (χ4n) is 2.54. The quantitative estimate of drug-likeness (QED) is 0.809. The van der Waals surface area contributed by atoms with Crippen molar-refractivity contribution in [2.24, 2.45) is 0 Å². The van der Waals surface area contributed by atoms with Crippen LogP contribution < -0.4 is 8.92 Å². The highest BCUT2D eigenvalue weighted by Crippen LogP contribution is 2.42. The molecule has 0 bridgehead atoms. The first-order valence-corrected chi connectivity index (χ1v) is 8.47. The normalized spacial score (nSPS) is 15.3. The zero-order valence-electron chi connectivity index (χ0n) is 12.7. The maximum Gasteiger partial charge on any atom is 0.339 e. The molecule has 0 aliphatic carbocycles. The van der Waals surface area contributed by atoms with E-state index >= 15 is 0 Å². The van der Waals surface area contributed by atoms with Gasteiger partial charge in [0.05, 0.1) is 11.6 Å². The minimum Gasteiger partial charge on any atom is -0.483 e. The summed E-state index contributed by atoms with van der Waals surface area (Å²) < 4.78 is 36.0. The maximum atomic E-state index is 12.4. The van der Waals surface area contributed by atoms with Gasteiger partial charge in [-0.2, -0.15) is 13.7 Å². The standard InChI is InChI=1S/C17H15NO4S/c1-17(2)10-13-6-4-8-15(16(13)21-17)22-23(19,20)14-7-3-5-12(9-14)11-18/h3-9H,10H2,1-2H3. The monoisotopic (exact) mass is 329 g/mol. The van der Waals surface area contributed by atoms with Gasteiger partial charge in [0, 0.05) is 12.0 Å². The highest BCUT2D eigenvalue weighted by Gasteiger charge is 2.33. The van der Waals surface area contributed by atoms with Crippen molar-refractivity contribution in [2.75, 3.05) is 0 Å². The third-order valence-electron chi connectivity index (χ3n) is 3.51. The number of nitriles is 1. The molecule has 0 aromatic heterocycles. The lowest BCUT2D eigenvalue weighted by Gasteiger charge is -2.18. The number of benzene rings is 2. The molecule has 118 valence electrons. The van der Waals surface area contributed by atoms with Gasteiger partial charge in [0.1, 0.15) is 10.5 Å². The third kappa shape index (κ3) is 3.01. The van der Waals surface area contributed by atoms with E-state index in [1.807, 2.05) is 26.0 Å². The van der Waals surface area contributed by atoms with E-state index in [-0.39, 0.29) is 16.2 Å². The summed E-state index contributed by atoms with van der Waals surface area (Å²) in [6.07, 6.45) is 0.684. The van der Waals surface area contributed by atoms with Crippen molar-refractivity contribution in [1.82, 2.24) is 0 Å². The van der Waals surface area contributed by atoms with E-state index in [0.29, 0.717) is 12.2 Å². The summed E-state index contributed by atoms with van der Waals surface area (Å²) in [6.45, 7) is 3.86. The van der Waals surface area contributed by atoms with E-state index in [4.69, 9.17) is 14.2 Å². The third-order valence-corrected chi connectivity index (χ3v) is 4.74. The summed E-state index contributed by atoms with van der Waals surface area (Å²) in [4.78, 5) is -0.0635. The molecule has 0 atom stereocenters. The summed E-state index contributed by atoms with van der Waals surface area (Å²) in [5.41, 5.74) is 0.769. The van der Waals surface area contributed by atoms with E-state index in [1.54, 1.807) is 12.1 Å². The molecule has 1 heterocycles. The van der Waals surface area contributed by atoms with Gasteiger partial charge < -0.3 is 8.92 Å². The minimum absolute atomic E-state index is 0.0635. The van der Waals surface area contributed by atoms with Crippen LogP contribution >= 0.6 is 0 Å². The van der Waals surface area contributed by atoms with E-state index in [2.05, 4.69) is 0 Å². The number of hydrogen-bond acceptors (Lipinski definition) is 5. The lowest BCUT2D eigenvalue weighted by molar-refractivity contribution is 0.136. The van der Waals surface area contributed by atoms with Gasteiger partial charge in [-0.1, -0.05) is 18.2 Å². The van der Waals surface area contributed by atoms with Crippen LogP contribution in [0.15, 0.2) is 47.4 Å². The highest BCUT2D eigenvalue weighted by molar-refractivity contribution is 7.87.